The highest BCUT2D eigenvalue weighted by molar-refractivity contribution is 9.11. The van der Waals surface area contributed by atoms with E-state index in [-0.39, 0.29) is 5.91 Å². The largest absolute Gasteiger partial charge is 0.321 e. The van der Waals surface area contributed by atoms with Gasteiger partial charge in [-0.1, -0.05) is 12.1 Å². The molecular weight excluding hydrogens is 314 g/mol. The Bertz CT molecular complexity index is 587. The second kappa shape index (κ2) is 5.46. The Balaban J connectivity index is 2.18. The van der Waals surface area contributed by atoms with Gasteiger partial charge in [-0.2, -0.15) is 0 Å². The van der Waals surface area contributed by atoms with E-state index in [1.54, 1.807) is 24.3 Å². The summed E-state index contributed by atoms with van der Waals surface area (Å²) >= 11 is 4.77. The lowest BCUT2D eigenvalue weighted by atomic mass is 10.2. The van der Waals surface area contributed by atoms with Crippen molar-refractivity contribution in [1.82, 2.24) is 0 Å². The minimum Gasteiger partial charge on any atom is -0.321 e. The van der Waals surface area contributed by atoms with Crippen molar-refractivity contribution in [3.8, 4) is 0 Å². The van der Waals surface area contributed by atoms with Gasteiger partial charge in [0.2, 0.25) is 0 Å². The fourth-order valence-electron chi connectivity index (χ4n) is 1.45. The number of benzene rings is 1. The lowest BCUT2D eigenvalue weighted by molar-refractivity contribution is 0.102. The average molecular weight is 324 g/mol. The highest BCUT2D eigenvalue weighted by Crippen LogP contribution is 2.27. The number of aldehydes is 1. The summed E-state index contributed by atoms with van der Waals surface area (Å²) in [6, 6.07) is 8.64. The number of halogens is 1. The number of rotatable bonds is 3. The maximum Gasteiger partial charge on any atom is 0.265 e. The van der Waals surface area contributed by atoms with Crippen LogP contribution in [-0.4, -0.2) is 12.2 Å². The molecule has 0 aliphatic rings. The molecule has 1 aromatic carbocycles. The van der Waals surface area contributed by atoms with Gasteiger partial charge >= 0.3 is 0 Å². The Kier molecular flexibility index (Phi) is 3.93. The van der Waals surface area contributed by atoms with Crippen LogP contribution < -0.4 is 5.32 Å². The zero-order chi connectivity index (χ0) is 13.1. The van der Waals surface area contributed by atoms with Gasteiger partial charge in [-0.3, -0.25) is 9.59 Å². The highest BCUT2D eigenvalue weighted by Gasteiger charge is 2.11. The number of hydrogen-bond acceptors (Lipinski definition) is 3. The van der Waals surface area contributed by atoms with E-state index in [9.17, 15) is 9.59 Å². The molecule has 1 amide bonds. The molecule has 0 atom stereocenters. The molecule has 0 radical (unpaired) electrons. The summed E-state index contributed by atoms with van der Waals surface area (Å²) in [5.74, 6) is -0.170. The molecule has 0 aliphatic carbocycles. The van der Waals surface area contributed by atoms with Crippen molar-refractivity contribution in [1.29, 1.82) is 0 Å². The van der Waals surface area contributed by atoms with E-state index in [1.165, 1.54) is 11.3 Å². The summed E-state index contributed by atoms with van der Waals surface area (Å²) in [5.41, 5.74) is 2.19. The Morgan fingerprint density at radius 2 is 2.17 bits per heavy atom. The Morgan fingerprint density at radius 1 is 1.39 bits per heavy atom. The molecular formula is C13H10BrNO2S. The lowest BCUT2D eigenvalue weighted by Crippen LogP contribution is -2.10. The predicted octanol–water partition coefficient (Wildman–Crippen LogP) is 3.88. The van der Waals surface area contributed by atoms with Gasteiger partial charge in [0, 0.05) is 11.3 Å². The van der Waals surface area contributed by atoms with E-state index in [1.807, 2.05) is 13.0 Å². The standard InChI is InChI=1S/C13H10BrNO2S/c1-8-5-11(18-12(8)14)13(17)15-10-4-2-3-9(6-10)7-16/h2-7H,1H3,(H,15,17). The van der Waals surface area contributed by atoms with E-state index >= 15 is 0 Å². The van der Waals surface area contributed by atoms with Crippen molar-refractivity contribution in [2.75, 3.05) is 5.32 Å². The molecule has 0 fully saturated rings. The maximum absolute atomic E-state index is 12.0. The first-order valence-corrected chi connectivity index (χ1v) is 6.83. The molecule has 1 heterocycles. The monoisotopic (exact) mass is 323 g/mol. The first kappa shape index (κ1) is 13.0. The molecule has 0 bridgehead atoms. The van der Waals surface area contributed by atoms with Gasteiger partial charge in [0.15, 0.2) is 0 Å². The highest BCUT2D eigenvalue weighted by atomic mass is 79.9. The molecule has 3 nitrogen and oxygen atoms in total. The van der Waals surface area contributed by atoms with Crippen LogP contribution in [0, 0.1) is 6.92 Å². The molecule has 0 unspecified atom stereocenters. The summed E-state index contributed by atoms with van der Waals surface area (Å²) in [4.78, 5) is 23.3. The normalized spacial score (nSPS) is 10.1. The van der Waals surface area contributed by atoms with Gasteiger partial charge in [0.25, 0.3) is 5.91 Å². The van der Waals surface area contributed by atoms with Crippen LogP contribution in [0.3, 0.4) is 0 Å². The van der Waals surface area contributed by atoms with Crippen LogP contribution in [0.4, 0.5) is 5.69 Å². The molecule has 0 aliphatic heterocycles. The molecule has 2 rings (SSSR count). The Labute approximate surface area is 117 Å². The van der Waals surface area contributed by atoms with Gasteiger partial charge < -0.3 is 5.32 Å². The van der Waals surface area contributed by atoms with Crippen LogP contribution in [-0.2, 0) is 0 Å². The number of hydrogen-bond donors (Lipinski definition) is 1. The van der Waals surface area contributed by atoms with Crippen molar-refractivity contribution >= 4 is 45.1 Å². The van der Waals surface area contributed by atoms with Gasteiger partial charge in [-0.25, -0.2) is 0 Å². The Hall–Kier alpha value is -1.46. The first-order chi connectivity index (χ1) is 8.60. The van der Waals surface area contributed by atoms with Crippen LogP contribution in [0.15, 0.2) is 34.1 Å². The van der Waals surface area contributed by atoms with E-state index in [0.717, 1.165) is 15.6 Å². The number of thiophene rings is 1. The smallest absolute Gasteiger partial charge is 0.265 e. The quantitative estimate of drug-likeness (QED) is 0.871. The summed E-state index contributed by atoms with van der Waals surface area (Å²) in [6.07, 6.45) is 0.752. The topological polar surface area (TPSA) is 46.2 Å². The fraction of sp³-hybridized carbons (Fsp3) is 0.0769. The van der Waals surface area contributed by atoms with Crippen molar-refractivity contribution in [2.45, 2.75) is 6.92 Å². The van der Waals surface area contributed by atoms with Crippen LogP contribution in [0.25, 0.3) is 0 Å². The van der Waals surface area contributed by atoms with Crippen molar-refractivity contribution in [2.24, 2.45) is 0 Å². The summed E-state index contributed by atoms with van der Waals surface area (Å²) < 4.78 is 0.953. The molecule has 92 valence electrons. The summed E-state index contributed by atoms with van der Waals surface area (Å²) in [6.45, 7) is 1.93. The van der Waals surface area contributed by atoms with Gasteiger partial charge in [-0.15, -0.1) is 11.3 Å². The van der Waals surface area contributed by atoms with Crippen molar-refractivity contribution in [3.63, 3.8) is 0 Å². The molecule has 5 heteroatoms. The number of nitrogens with one attached hydrogen (secondary N) is 1. The molecule has 18 heavy (non-hydrogen) atoms. The van der Waals surface area contributed by atoms with E-state index < -0.39 is 0 Å². The van der Waals surface area contributed by atoms with Gasteiger partial charge in [0.1, 0.15) is 6.29 Å². The fourth-order valence-corrected chi connectivity index (χ4v) is 2.88. The van der Waals surface area contributed by atoms with E-state index in [4.69, 9.17) is 0 Å². The van der Waals surface area contributed by atoms with Gasteiger partial charge in [0.05, 0.1) is 8.66 Å². The predicted molar refractivity (Wildman–Crippen MR) is 76.5 cm³/mol. The van der Waals surface area contributed by atoms with Crippen LogP contribution in [0.1, 0.15) is 25.6 Å². The molecule has 2 aromatic rings. The van der Waals surface area contributed by atoms with Crippen LogP contribution >= 0.6 is 27.3 Å². The number of amides is 1. The summed E-state index contributed by atoms with van der Waals surface area (Å²) in [5, 5.41) is 2.77. The molecule has 0 saturated heterocycles. The molecule has 1 aromatic heterocycles. The third-order valence-electron chi connectivity index (χ3n) is 2.36. The van der Waals surface area contributed by atoms with Crippen molar-refractivity contribution < 1.29 is 9.59 Å². The second-order valence-electron chi connectivity index (χ2n) is 3.76. The summed E-state index contributed by atoms with van der Waals surface area (Å²) in [7, 11) is 0. The third-order valence-corrected chi connectivity index (χ3v) is 4.50. The molecule has 1 N–H and O–H groups in total. The van der Waals surface area contributed by atoms with Crippen LogP contribution in [0.5, 0.6) is 0 Å². The van der Waals surface area contributed by atoms with E-state index in [0.29, 0.717) is 16.1 Å². The zero-order valence-corrected chi connectivity index (χ0v) is 12.0. The number of aryl methyl sites for hydroxylation is 1. The first-order valence-electron chi connectivity index (χ1n) is 5.22. The number of carbonyl (C=O) groups excluding carboxylic acids is 2. The maximum atomic E-state index is 12.0. The zero-order valence-electron chi connectivity index (χ0n) is 9.57. The van der Waals surface area contributed by atoms with Gasteiger partial charge in [-0.05, 0) is 46.6 Å². The lowest BCUT2D eigenvalue weighted by Gasteiger charge is -2.03. The second-order valence-corrected chi connectivity index (χ2v) is 6.13. The minimum atomic E-state index is -0.170. The Morgan fingerprint density at radius 3 is 2.78 bits per heavy atom. The number of carbonyl (C=O) groups is 2. The van der Waals surface area contributed by atoms with Crippen molar-refractivity contribution in [3.05, 3.63) is 50.1 Å². The number of anilines is 1. The molecule has 0 spiro atoms. The SMILES string of the molecule is Cc1cc(C(=O)Nc2cccc(C=O)c2)sc1Br. The van der Waals surface area contributed by atoms with Crippen LogP contribution in [0.2, 0.25) is 0 Å². The van der Waals surface area contributed by atoms with E-state index in [2.05, 4.69) is 21.2 Å². The average Bonchev–Trinajstić information content (AvgIpc) is 2.70. The molecule has 0 saturated carbocycles. The third kappa shape index (κ3) is 2.86. The minimum absolute atomic E-state index is 0.170.